The lowest BCUT2D eigenvalue weighted by atomic mass is 9.93. The maximum absolute atomic E-state index is 11.8. The first-order chi connectivity index (χ1) is 10.7. The zero-order chi connectivity index (χ0) is 15.5. The van der Waals surface area contributed by atoms with Crippen LogP contribution in [0.25, 0.3) is 0 Å². The van der Waals surface area contributed by atoms with Crippen LogP contribution in [0.2, 0.25) is 0 Å². The highest BCUT2D eigenvalue weighted by Crippen LogP contribution is 2.25. The van der Waals surface area contributed by atoms with Gasteiger partial charge in [0.2, 0.25) is 5.91 Å². The summed E-state index contributed by atoms with van der Waals surface area (Å²) in [5.74, 6) is 0.571. The van der Waals surface area contributed by atoms with Gasteiger partial charge in [0.15, 0.2) is 0 Å². The van der Waals surface area contributed by atoms with E-state index in [9.17, 15) is 4.79 Å². The zero-order valence-corrected chi connectivity index (χ0v) is 12.7. The molecule has 0 unspecified atom stereocenters. The molecule has 0 aliphatic carbocycles. The zero-order valence-electron chi connectivity index (χ0n) is 12.7. The Kier molecular flexibility index (Phi) is 4.11. The number of carbonyl (C=O) groups excluding carboxylic acids is 1. The summed E-state index contributed by atoms with van der Waals surface area (Å²) >= 11 is 0. The van der Waals surface area contributed by atoms with Crippen LogP contribution in [0.1, 0.15) is 16.7 Å². The first kappa shape index (κ1) is 14.6. The van der Waals surface area contributed by atoms with Crippen LogP contribution in [0.4, 0.5) is 0 Å². The second-order valence-corrected chi connectivity index (χ2v) is 5.64. The van der Waals surface area contributed by atoms with Crippen LogP contribution in [-0.4, -0.2) is 24.0 Å². The van der Waals surface area contributed by atoms with Crippen LogP contribution in [-0.2, 0) is 24.3 Å². The second kappa shape index (κ2) is 6.20. The molecule has 0 bridgehead atoms. The summed E-state index contributed by atoms with van der Waals surface area (Å²) in [4.78, 5) is 14.0. The molecule has 2 N–H and O–H groups in total. The van der Waals surface area contributed by atoms with Gasteiger partial charge >= 0.3 is 0 Å². The third kappa shape index (κ3) is 2.97. The third-order valence-corrected chi connectivity index (χ3v) is 4.22. The Bertz CT molecular complexity index is 667. The molecule has 0 radical (unpaired) electrons. The van der Waals surface area contributed by atoms with E-state index >= 15 is 0 Å². The summed E-state index contributed by atoms with van der Waals surface area (Å²) < 4.78 is 5.18. The molecule has 1 aliphatic heterocycles. The van der Waals surface area contributed by atoms with Gasteiger partial charge in [-0.05, 0) is 35.2 Å². The number of primary amides is 1. The van der Waals surface area contributed by atoms with E-state index in [1.807, 2.05) is 36.4 Å². The fraction of sp³-hybridized carbons (Fsp3) is 0.278. The van der Waals surface area contributed by atoms with Crippen molar-refractivity contribution < 1.29 is 9.53 Å². The number of rotatable bonds is 4. The molecule has 3 rings (SSSR count). The lowest BCUT2D eigenvalue weighted by Crippen LogP contribution is -2.48. The number of fused-ring (bicyclic) bond motifs is 1. The van der Waals surface area contributed by atoms with Crippen LogP contribution in [0.15, 0.2) is 48.5 Å². The molecule has 1 amide bonds. The molecule has 0 saturated heterocycles. The van der Waals surface area contributed by atoms with Crippen molar-refractivity contribution in [3.8, 4) is 5.75 Å². The largest absolute Gasteiger partial charge is 0.497 e. The molecule has 4 nitrogen and oxygen atoms in total. The van der Waals surface area contributed by atoms with Gasteiger partial charge in [0.25, 0.3) is 0 Å². The molecule has 114 valence electrons. The molecule has 0 spiro atoms. The third-order valence-electron chi connectivity index (χ3n) is 4.22. The number of ether oxygens (including phenoxy) is 1. The first-order valence-corrected chi connectivity index (χ1v) is 7.40. The first-order valence-electron chi connectivity index (χ1n) is 7.40. The van der Waals surface area contributed by atoms with E-state index in [-0.39, 0.29) is 11.9 Å². The molecule has 1 atom stereocenters. The molecule has 4 heteroatoms. The van der Waals surface area contributed by atoms with Gasteiger partial charge < -0.3 is 10.5 Å². The normalized spacial score (nSPS) is 17.8. The van der Waals surface area contributed by atoms with E-state index in [2.05, 4.69) is 17.0 Å². The number of amides is 1. The number of methoxy groups -OCH3 is 1. The number of hydrogen-bond donors (Lipinski definition) is 1. The number of hydrogen-bond acceptors (Lipinski definition) is 3. The average Bonchev–Trinajstić information content (AvgIpc) is 2.54. The van der Waals surface area contributed by atoms with Crippen molar-refractivity contribution in [2.75, 3.05) is 7.11 Å². The number of nitrogens with two attached hydrogens (primary N) is 1. The quantitative estimate of drug-likeness (QED) is 0.940. The van der Waals surface area contributed by atoms with Gasteiger partial charge in [-0.1, -0.05) is 36.4 Å². The predicted molar refractivity (Wildman–Crippen MR) is 85.4 cm³/mol. The van der Waals surface area contributed by atoms with Gasteiger partial charge in [-0.25, -0.2) is 0 Å². The van der Waals surface area contributed by atoms with Crippen LogP contribution in [0.3, 0.4) is 0 Å². The van der Waals surface area contributed by atoms with Crippen LogP contribution >= 0.6 is 0 Å². The smallest absolute Gasteiger partial charge is 0.235 e. The molecular formula is C18H20N2O2. The minimum absolute atomic E-state index is 0.253. The predicted octanol–water partition coefficient (Wildman–Crippen LogP) is 2.11. The molecule has 0 saturated carbocycles. The molecule has 22 heavy (non-hydrogen) atoms. The Morgan fingerprint density at radius 2 is 1.86 bits per heavy atom. The standard InChI is InChI=1S/C18H20N2O2/c1-22-16-8-6-13(7-9-16)11-20-12-15-5-3-2-4-14(15)10-17(20)18(19)21/h2-9,17H,10-12H2,1H3,(H2,19,21)/t17-/m1/s1. The molecule has 0 aromatic heterocycles. The van der Waals surface area contributed by atoms with Gasteiger partial charge in [-0.2, -0.15) is 0 Å². The van der Waals surface area contributed by atoms with Crippen molar-refractivity contribution in [1.82, 2.24) is 4.90 Å². The lowest BCUT2D eigenvalue weighted by molar-refractivity contribution is -0.124. The van der Waals surface area contributed by atoms with Gasteiger partial charge in [-0.15, -0.1) is 0 Å². The Morgan fingerprint density at radius 3 is 2.50 bits per heavy atom. The van der Waals surface area contributed by atoms with Gasteiger partial charge in [0.05, 0.1) is 13.2 Å². The average molecular weight is 296 g/mol. The van der Waals surface area contributed by atoms with Crippen molar-refractivity contribution in [2.24, 2.45) is 5.73 Å². The fourth-order valence-electron chi connectivity index (χ4n) is 2.99. The van der Waals surface area contributed by atoms with Gasteiger partial charge in [0.1, 0.15) is 5.75 Å². The summed E-state index contributed by atoms with van der Waals surface area (Å²) in [5, 5.41) is 0. The van der Waals surface area contributed by atoms with Crippen molar-refractivity contribution in [3.63, 3.8) is 0 Å². The van der Waals surface area contributed by atoms with Crippen LogP contribution in [0, 0.1) is 0 Å². The van der Waals surface area contributed by atoms with Gasteiger partial charge in [0, 0.05) is 13.1 Å². The van der Waals surface area contributed by atoms with E-state index in [0.29, 0.717) is 13.0 Å². The molecule has 1 heterocycles. The maximum atomic E-state index is 11.8. The highest BCUT2D eigenvalue weighted by Gasteiger charge is 2.29. The van der Waals surface area contributed by atoms with E-state index < -0.39 is 0 Å². The minimum Gasteiger partial charge on any atom is -0.497 e. The molecule has 2 aromatic carbocycles. The topological polar surface area (TPSA) is 55.6 Å². The van der Waals surface area contributed by atoms with Crippen molar-refractivity contribution >= 4 is 5.91 Å². The SMILES string of the molecule is COc1ccc(CN2Cc3ccccc3C[C@@H]2C(N)=O)cc1. The molecule has 2 aromatic rings. The highest BCUT2D eigenvalue weighted by molar-refractivity contribution is 5.80. The van der Waals surface area contributed by atoms with Gasteiger partial charge in [-0.3, -0.25) is 9.69 Å². The van der Waals surface area contributed by atoms with Crippen LogP contribution in [0.5, 0.6) is 5.75 Å². The van der Waals surface area contributed by atoms with Crippen molar-refractivity contribution in [2.45, 2.75) is 25.6 Å². The fourth-order valence-corrected chi connectivity index (χ4v) is 2.99. The van der Waals surface area contributed by atoms with Crippen molar-refractivity contribution in [1.29, 1.82) is 0 Å². The van der Waals surface area contributed by atoms with E-state index in [1.165, 1.54) is 11.1 Å². The summed E-state index contributed by atoms with van der Waals surface area (Å²) in [6.45, 7) is 1.45. The summed E-state index contributed by atoms with van der Waals surface area (Å²) in [6.07, 6.45) is 0.682. The van der Waals surface area contributed by atoms with E-state index in [1.54, 1.807) is 7.11 Å². The van der Waals surface area contributed by atoms with Crippen LogP contribution < -0.4 is 10.5 Å². The number of carbonyl (C=O) groups is 1. The summed E-state index contributed by atoms with van der Waals surface area (Å²) in [6, 6.07) is 15.9. The Morgan fingerprint density at radius 1 is 1.18 bits per heavy atom. The Hall–Kier alpha value is -2.33. The summed E-state index contributed by atoms with van der Waals surface area (Å²) in [7, 11) is 1.65. The summed E-state index contributed by atoms with van der Waals surface area (Å²) in [5.41, 5.74) is 9.25. The molecule has 0 fully saturated rings. The monoisotopic (exact) mass is 296 g/mol. The minimum atomic E-state index is -0.261. The second-order valence-electron chi connectivity index (χ2n) is 5.64. The number of nitrogens with zero attached hydrogens (tertiary/aromatic N) is 1. The van der Waals surface area contributed by atoms with E-state index in [0.717, 1.165) is 17.9 Å². The Balaban J connectivity index is 1.82. The number of benzene rings is 2. The lowest BCUT2D eigenvalue weighted by Gasteiger charge is -2.35. The highest BCUT2D eigenvalue weighted by atomic mass is 16.5. The van der Waals surface area contributed by atoms with E-state index in [4.69, 9.17) is 10.5 Å². The maximum Gasteiger partial charge on any atom is 0.235 e. The Labute approximate surface area is 130 Å². The molecular weight excluding hydrogens is 276 g/mol. The van der Waals surface area contributed by atoms with Crippen molar-refractivity contribution in [3.05, 3.63) is 65.2 Å². The molecule has 1 aliphatic rings.